The van der Waals surface area contributed by atoms with Crippen LogP contribution >= 0.6 is 28.1 Å². The van der Waals surface area contributed by atoms with Gasteiger partial charge in [-0.25, -0.2) is 0 Å². The molecule has 116 valence electrons. The Morgan fingerprint density at radius 1 is 1.32 bits per heavy atom. The number of rotatable bonds is 4. The van der Waals surface area contributed by atoms with E-state index in [4.69, 9.17) is 12.2 Å². The van der Waals surface area contributed by atoms with Gasteiger partial charge in [0.25, 0.3) is 0 Å². The van der Waals surface area contributed by atoms with Gasteiger partial charge in [-0.2, -0.15) is 5.10 Å². The first-order valence-electron chi connectivity index (χ1n) is 7.39. The number of aromatic nitrogens is 2. The van der Waals surface area contributed by atoms with Crippen LogP contribution in [0.5, 0.6) is 0 Å². The molecule has 0 unspecified atom stereocenters. The van der Waals surface area contributed by atoms with E-state index in [2.05, 4.69) is 62.9 Å². The van der Waals surface area contributed by atoms with Crippen LogP contribution in [0.25, 0.3) is 0 Å². The lowest BCUT2D eigenvalue weighted by Crippen LogP contribution is -2.30. The summed E-state index contributed by atoms with van der Waals surface area (Å²) >= 11 is 8.82. The maximum Gasteiger partial charge on any atom is 0.171 e. The quantitative estimate of drug-likeness (QED) is 0.794. The summed E-state index contributed by atoms with van der Waals surface area (Å²) in [5.74, 6) is 0. The minimum atomic E-state index is 0.554. The van der Waals surface area contributed by atoms with Gasteiger partial charge in [0.2, 0.25) is 0 Å². The number of halogens is 1. The van der Waals surface area contributed by atoms with E-state index < -0.39 is 0 Å². The van der Waals surface area contributed by atoms with E-state index in [0.29, 0.717) is 11.2 Å². The van der Waals surface area contributed by atoms with Gasteiger partial charge in [-0.1, -0.05) is 28.1 Å². The van der Waals surface area contributed by atoms with Crippen molar-refractivity contribution in [2.75, 3.05) is 5.32 Å². The topological polar surface area (TPSA) is 41.9 Å². The summed E-state index contributed by atoms with van der Waals surface area (Å²) in [7, 11) is 0. The fourth-order valence-corrected chi connectivity index (χ4v) is 2.89. The van der Waals surface area contributed by atoms with Gasteiger partial charge >= 0.3 is 0 Å². The molecule has 3 rings (SSSR count). The van der Waals surface area contributed by atoms with Crippen LogP contribution in [0.4, 0.5) is 5.69 Å². The minimum absolute atomic E-state index is 0.554. The molecule has 1 aromatic heterocycles. The first-order valence-corrected chi connectivity index (χ1v) is 8.59. The fourth-order valence-electron chi connectivity index (χ4n) is 2.36. The highest BCUT2D eigenvalue weighted by atomic mass is 79.9. The lowest BCUT2D eigenvalue weighted by atomic mass is 10.2. The second-order valence-corrected chi connectivity index (χ2v) is 7.03. The van der Waals surface area contributed by atoms with E-state index in [1.165, 1.54) is 18.4 Å². The van der Waals surface area contributed by atoms with Crippen LogP contribution in [0.1, 0.15) is 29.8 Å². The summed E-state index contributed by atoms with van der Waals surface area (Å²) in [6, 6.07) is 8.86. The van der Waals surface area contributed by atoms with E-state index in [1.54, 1.807) is 0 Å². The summed E-state index contributed by atoms with van der Waals surface area (Å²) in [5, 5.41) is 11.9. The lowest BCUT2D eigenvalue weighted by Gasteiger charge is -2.10. The first-order chi connectivity index (χ1) is 10.5. The summed E-state index contributed by atoms with van der Waals surface area (Å²) in [6.07, 6.45) is 2.42. The van der Waals surface area contributed by atoms with Crippen molar-refractivity contribution in [1.29, 1.82) is 0 Å². The van der Waals surface area contributed by atoms with Crippen LogP contribution in [-0.4, -0.2) is 20.9 Å². The average molecular weight is 379 g/mol. The maximum atomic E-state index is 5.36. The molecule has 0 spiro atoms. The van der Waals surface area contributed by atoms with E-state index in [9.17, 15) is 0 Å². The Balaban J connectivity index is 1.73. The number of nitrogens with one attached hydrogen (secondary N) is 2. The summed E-state index contributed by atoms with van der Waals surface area (Å²) in [5.41, 5.74) is 4.30. The van der Waals surface area contributed by atoms with Crippen molar-refractivity contribution in [3.05, 3.63) is 45.7 Å². The Hall–Kier alpha value is -1.40. The molecule has 0 radical (unpaired) electrons. The van der Waals surface area contributed by atoms with E-state index in [-0.39, 0.29) is 0 Å². The van der Waals surface area contributed by atoms with Crippen LogP contribution in [0, 0.1) is 13.8 Å². The number of hydrogen-bond donors (Lipinski definition) is 2. The molecule has 1 saturated carbocycles. The Morgan fingerprint density at radius 3 is 2.64 bits per heavy atom. The van der Waals surface area contributed by atoms with Crippen molar-refractivity contribution in [3.63, 3.8) is 0 Å². The molecule has 1 aliphatic carbocycles. The molecule has 6 heteroatoms. The molecule has 2 aromatic rings. The SMILES string of the molecule is Cc1nn(Cc2ccc(Br)cc2)c(C)c1NC(=S)NC1CC1. The van der Waals surface area contributed by atoms with Crippen LogP contribution in [-0.2, 0) is 6.54 Å². The summed E-state index contributed by atoms with van der Waals surface area (Å²) in [6.45, 7) is 4.83. The van der Waals surface area contributed by atoms with Gasteiger partial charge < -0.3 is 10.6 Å². The zero-order valence-corrected chi connectivity index (χ0v) is 15.1. The predicted molar refractivity (Wildman–Crippen MR) is 97.3 cm³/mol. The molecule has 1 aliphatic rings. The largest absolute Gasteiger partial charge is 0.360 e. The van der Waals surface area contributed by atoms with Crippen molar-refractivity contribution in [1.82, 2.24) is 15.1 Å². The summed E-state index contributed by atoms with van der Waals surface area (Å²) in [4.78, 5) is 0. The molecule has 1 aromatic carbocycles. The molecule has 0 aliphatic heterocycles. The van der Waals surface area contributed by atoms with Gasteiger partial charge in [0.15, 0.2) is 5.11 Å². The average Bonchev–Trinajstić information content (AvgIpc) is 3.25. The molecule has 2 N–H and O–H groups in total. The highest BCUT2D eigenvalue weighted by molar-refractivity contribution is 9.10. The van der Waals surface area contributed by atoms with Crippen molar-refractivity contribution in [2.24, 2.45) is 0 Å². The number of anilines is 1. The smallest absolute Gasteiger partial charge is 0.171 e. The lowest BCUT2D eigenvalue weighted by molar-refractivity contribution is 0.659. The maximum absolute atomic E-state index is 5.36. The molecule has 22 heavy (non-hydrogen) atoms. The Morgan fingerprint density at radius 2 is 2.00 bits per heavy atom. The number of hydrogen-bond acceptors (Lipinski definition) is 2. The minimum Gasteiger partial charge on any atom is -0.360 e. The van der Waals surface area contributed by atoms with E-state index >= 15 is 0 Å². The van der Waals surface area contributed by atoms with E-state index in [0.717, 1.165) is 28.1 Å². The van der Waals surface area contributed by atoms with Crippen molar-refractivity contribution >= 4 is 38.9 Å². The Kier molecular flexibility index (Phi) is 4.49. The molecule has 0 amide bonds. The third kappa shape index (κ3) is 3.67. The number of nitrogens with zero attached hydrogens (tertiary/aromatic N) is 2. The zero-order chi connectivity index (χ0) is 15.7. The Bertz CT molecular complexity index is 689. The highest BCUT2D eigenvalue weighted by Crippen LogP contribution is 2.22. The predicted octanol–water partition coefficient (Wildman–Crippen LogP) is 3.76. The summed E-state index contributed by atoms with van der Waals surface area (Å²) < 4.78 is 3.10. The molecular weight excluding hydrogens is 360 g/mol. The van der Waals surface area contributed by atoms with Crippen LogP contribution in [0.15, 0.2) is 28.7 Å². The van der Waals surface area contributed by atoms with Crippen molar-refractivity contribution in [2.45, 2.75) is 39.3 Å². The third-order valence-electron chi connectivity index (χ3n) is 3.78. The molecular formula is C16H19BrN4S. The van der Waals surface area contributed by atoms with Crippen LogP contribution in [0.3, 0.4) is 0 Å². The molecule has 0 bridgehead atoms. The first kappa shape index (κ1) is 15.5. The molecule has 0 saturated heterocycles. The third-order valence-corrected chi connectivity index (χ3v) is 4.53. The van der Waals surface area contributed by atoms with Crippen molar-refractivity contribution in [3.8, 4) is 0 Å². The zero-order valence-electron chi connectivity index (χ0n) is 12.7. The normalized spacial score (nSPS) is 14.0. The van der Waals surface area contributed by atoms with Gasteiger partial charge in [-0.15, -0.1) is 0 Å². The van der Waals surface area contributed by atoms with Crippen LogP contribution < -0.4 is 10.6 Å². The van der Waals surface area contributed by atoms with Crippen LogP contribution in [0.2, 0.25) is 0 Å². The second kappa shape index (κ2) is 6.38. The van der Waals surface area contributed by atoms with Gasteiger partial charge in [0, 0.05) is 10.5 Å². The van der Waals surface area contributed by atoms with Gasteiger partial charge in [-0.05, 0) is 56.6 Å². The van der Waals surface area contributed by atoms with Gasteiger partial charge in [0.1, 0.15) is 0 Å². The Labute approximate surface area is 144 Å². The van der Waals surface area contributed by atoms with Gasteiger partial charge in [0.05, 0.1) is 23.6 Å². The highest BCUT2D eigenvalue weighted by Gasteiger charge is 2.22. The van der Waals surface area contributed by atoms with E-state index in [1.807, 2.05) is 11.6 Å². The number of aryl methyl sites for hydroxylation is 1. The molecule has 0 atom stereocenters. The number of benzene rings is 1. The molecule has 4 nitrogen and oxygen atoms in total. The van der Waals surface area contributed by atoms with Gasteiger partial charge in [-0.3, -0.25) is 4.68 Å². The molecule has 1 fully saturated rings. The standard InChI is InChI=1S/C16H19BrN4S/c1-10-15(19-16(22)18-14-7-8-14)11(2)21(20-10)9-12-3-5-13(17)6-4-12/h3-6,14H,7-9H2,1-2H3,(H2,18,19,22). The fraction of sp³-hybridized carbons (Fsp3) is 0.375. The number of thiocarbonyl (C=S) groups is 1. The monoisotopic (exact) mass is 378 g/mol. The second-order valence-electron chi connectivity index (χ2n) is 5.70. The van der Waals surface area contributed by atoms with Crippen molar-refractivity contribution < 1.29 is 0 Å². The molecule has 1 heterocycles.